The predicted octanol–water partition coefficient (Wildman–Crippen LogP) is 3.67. The summed E-state index contributed by atoms with van der Waals surface area (Å²) in [6.45, 7) is 6.80. The summed E-state index contributed by atoms with van der Waals surface area (Å²) in [5, 5.41) is 2.00. The lowest BCUT2D eigenvalue weighted by Gasteiger charge is -2.27. The molecule has 1 aliphatic rings. The van der Waals surface area contributed by atoms with E-state index in [1.807, 2.05) is 17.5 Å². The second kappa shape index (κ2) is 6.58. The van der Waals surface area contributed by atoms with Gasteiger partial charge in [-0.05, 0) is 48.4 Å². The van der Waals surface area contributed by atoms with E-state index in [9.17, 15) is 4.79 Å². The number of aryl methyl sites for hydroxylation is 2. The Morgan fingerprint density at radius 1 is 1.24 bits per heavy atom. The third kappa shape index (κ3) is 3.30. The first kappa shape index (κ1) is 16.2. The number of hydrogen-bond acceptors (Lipinski definition) is 4. The molecule has 1 aliphatic heterocycles. The van der Waals surface area contributed by atoms with Gasteiger partial charge in [0, 0.05) is 25.2 Å². The SMILES string of the molecule is Cc1ccc(CN2CCc3c(nc(-c4cccs4)[nH]c3=O)C2)cc1C. The van der Waals surface area contributed by atoms with Gasteiger partial charge >= 0.3 is 0 Å². The van der Waals surface area contributed by atoms with Crippen molar-refractivity contribution in [3.05, 3.63) is 74.0 Å². The summed E-state index contributed by atoms with van der Waals surface area (Å²) in [7, 11) is 0. The van der Waals surface area contributed by atoms with Crippen LogP contribution in [0.4, 0.5) is 0 Å². The predicted molar refractivity (Wildman–Crippen MR) is 102 cm³/mol. The molecular formula is C20H21N3OS. The molecule has 2 aromatic heterocycles. The zero-order valence-corrected chi connectivity index (χ0v) is 15.3. The van der Waals surface area contributed by atoms with Gasteiger partial charge in [-0.15, -0.1) is 11.3 Å². The molecule has 0 saturated heterocycles. The van der Waals surface area contributed by atoms with Crippen LogP contribution in [0.25, 0.3) is 10.7 Å². The first-order valence-electron chi connectivity index (χ1n) is 8.54. The Hall–Kier alpha value is -2.24. The van der Waals surface area contributed by atoms with Crippen LogP contribution in [0, 0.1) is 13.8 Å². The largest absolute Gasteiger partial charge is 0.306 e. The molecule has 0 bridgehead atoms. The average Bonchev–Trinajstić information content (AvgIpc) is 3.12. The molecule has 3 heterocycles. The van der Waals surface area contributed by atoms with Crippen molar-refractivity contribution in [2.75, 3.05) is 6.54 Å². The van der Waals surface area contributed by atoms with Crippen LogP contribution in [0.5, 0.6) is 0 Å². The third-order valence-electron chi connectivity index (χ3n) is 4.88. The van der Waals surface area contributed by atoms with E-state index < -0.39 is 0 Å². The molecule has 0 atom stereocenters. The fourth-order valence-electron chi connectivity index (χ4n) is 3.32. The molecule has 1 N–H and O–H groups in total. The van der Waals surface area contributed by atoms with Crippen molar-refractivity contribution in [1.29, 1.82) is 0 Å². The summed E-state index contributed by atoms with van der Waals surface area (Å²) in [5.41, 5.74) is 5.74. The van der Waals surface area contributed by atoms with Crippen molar-refractivity contribution in [3.63, 3.8) is 0 Å². The summed E-state index contributed by atoms with van der Waals surface area (Å²) in [5.74, 6) is 0.687. The Kier molecular flexibility index (Phi) is 4.27. The molecule has 0 fully saturated rings. The summed E-state index contributed by atoms with van der Waals surface area (Å²) in [4.78, 5) is 23.5. The smallest absolute Gasteiger partial charge is 0.254 e. The molecule has 4 rings (SSSR count). The first-order valence-corrected chi connectivity index (χ1v) is 9.42. The van der Waals surface area contributed by atoms with Crippen molar-refractivity contribution in [3.8, 4) is 10.7 Å². The molecule has 0 saturated carbocycles. The summed E-state index contributed by atoms with van der Waals surface area (Å²) < 4.78 is 0. The fourth-order valence-corrected chi connectivity index (χ4v) is 3.99. The summed E-state index contributed by atoms with van der Waals surface area (Å²) in [6, 6.07) is 10.6. The van der Waals surface area contributed by atoms with E-state index in [1.165, 1.54) is 16.7 Å². The monoisotopic (exact) mass is 351 g/mol. The summed E-state index contributed by atoms with van der Waals surface area (Å²) >= 11 is 1.60. The number of hydrogen-bond donors (Lipinski definition) is 1. The van der Waals surface area contributed by atoms with Gasteiger partial charge < -0.3 is 4.98 Å². The molecule has 25 heavy (non-hydrogen) atoms. The maximum absolute atomic E-state index is 12.4. The Labute approximate surface area is 151 Å². The van der Waals surface area contributed by atoms with Gasteiger partial charge in [-0.25, -0.2) is 4.98 Å². The zero-order valence-electron chi connectivity index (χ0n) is 14.5. The molecule has 0 radical (unpaired) electrons. The Balaban J connectivity index is 1.59. The van der Waals surface area contributed by atoms with Crippen molar-refractivity contribution in [2.24, 2.45) is 0 Å². The van der Waals surface area contributed by atoms with Crippen LogP contribution in [0.15, 0.2) is 40.5 Å². The molecular weight excluding hydrogens is 330 g/mol. The van der Waals surface area contributed by atoms with Crippen LogP contribution in [0.2, 0.25) is 0 Å². The third-order valence-corrected chi connectivity index (χ3v) is 5.76. The minimum Gasteiger partial charge on any atom is -0.306 e. The highest BCUT2D eigenvalue weighted by Crippen LogP contribution is 2.23. The maximum atomic E-state index is 12.4. The van der Waals surface area contributed by atoms with Crippen LogP contribution < -0.4 is 5.56 Å². The van der Waals surface area contributed by atoms with Gasteiger partial charge in [0.05, 0.1) is 10.6 Å². The lowest BCUT2D eigenvalue weighted by Crippen LogP contribution is -2.35. The van der Waals surface area contributed by atoms with Crippen molar-refractivity contribution in [1.82, 2.24) is 14.9 Å². The Morgan fingerprint density at radius 3 is 2.88 bits per heavy atom. The quantitative estimate of drug-likeness (QED) is 0.783. The maximum Gasteiger partial charge on any atom is 0.254 e. The molecule has 128 valence electrons. The minimum atomic E-state index is 0.0132. The number of thiophene rings is 1. The highest BCUT2D eigenvalue weighted by atomic mass is 32.1. The van der Waals surface area contributed by atoms with E-state index in [-0.39, 0.29) is 5.56 Å². The molecule has 1 aromatic carbocycles. The number of rotatable bonds is 3. The van der Waals surface area contributed by atoms with E-state index in [2.05, 4.69) is 41.9 Å². The van der Waals surface area contributed by atoms with Crippen molar-refractivity contribution in [2.45, 2.75) is 33.4 Å². The molecule has 0 aliphatic carbocycles. The molecule has 3 aromatic rings. The lowest BCUT2D eigenvalue weighted by molar-refractivity contribution is 0.240. The molecule has 0 unspecified atom stereocenters. The Morgan fingerprint density at radius 2 is 2.12 bits per heavy atom. The number of benzene rings is 1. The van der Waals surface area contributed by atoms with Gasteiger partial charge in [-0.3, -0.25) is 9.69 Å². The minimum absolute atomic E-state index is 0.0132. The fraction of sp³-hybridized carbons (Fsp3) is 0.300. The second-order valence-electron chi connectivity index (χ2n) is 6.70. The van der Waals surface area contributed by atoms with Crippen LogP contribution in [0.3, 0.4) is 0 Å². The first-order chi connectivity index (χ1) is 12.1. The van der Waals surface area contributed by atoms with Gasteiger partial charge in [0.1, 0.15) is 0 Å². The van der Waals surface area contributed by atoms with Crippen molar-refractivity contribution >= 4 is 11.3 Å². The zero-order chi connectivity index (χ0) is 17.4. The highest BCUT2D eigenvalue weighted by Gasteiger charge is 2.21. The molecule has 5 heteroatoms. The number of aromatic nitrogens is 2. The van der Waals surface area contributed by atoms with Crippen molar-refractivity contribution < 1.29 is 0 Å². The van der Waals surface area contributed by atoms with Gasteiger partial charge in [-0.2, -0.15) is 0 Å². The van der Waals surface area contributed by atoms with E-state index in [0.717, 1.165) is 42.2 Å². The van der Waals surface area contributed by atoms with E-state index >= 15 is 0 Å². The topological polar surface area (TPSA) is 49.0 Å². The lowest BCUT2D eigenvalue weighted by atomic mass is 10.0. The van der Waals surface area contributed by atoms with E-state index in [1.54, 1.807) is 11.3 Å². The van der Waals surface area contributed by atoms with Gasteiger partial charge in [-0.1, -0.05) is 24.3 Å². The number of fused-ring (bicyclic) bond motifs is 1. The molecule has 0 spiro atoms. The van der Waals surface area contributed by atoms with Crippen LogP contribution in [-0.4, -0.2) is 21.4 Å². The highest BCUT2D eigenvalue weighted by molar-refractivity contribution is 7.13. The number of nitrogens with one attached hydrogen (secondary N) is 1. The van der Waals surface area contributed by atoms with Crippen LogP contribution >= 0.6 is 11.3 Å². The average molecular weight is 351 g/mol. The van der Waals surface area contributed by atoms with Crippen LogP contribution in [-0.2, 0) is 19.5 Å². The van der Waals surface area contributed by atoms with Crippen LogP contribution in [0.1, 0.15) is 27.9 Å². The normalized spacial score (nSPS) is 14.5. The van der Waals surface area contributed by atoms with E-state index in [0.29, 0.717) is 5.82 Å². The number of aromatic amines is 1. The standard InChI is InChI=1S/C20H21N3OS/c1-13-5-6-15(10-14(13)2)11-23-8-7-16-17(12-23)21-19(22-20(16)24)18-4-3-9-25-18/h3-6,9-10H,7-8,11-12H2,1-2H3,(H,21,22,24). The van der Waals surface area contributed by atoms with E-state index in [4.69, 9.17) is 4.98 Å². The Bertz CT molecular complexity index is 960. The number of nitrogens with zero attached hydrogens (tertiary/aromatic N) is 2. The summed E-state index contributed by atoms with van der Waals surface area (Å²) in [6.07, 6.45) is 0.757. The molecule has 0 amide bonds. The van der Waals surface area contributed by atoms with Gasteiger partial charge in [0.25, 0.3) is 5.56 Å². The van der Waals surface area contributed by atoms with Gasteiger partial charge in [0.15, 0.2) is 5.82 Å². The second-order valence-corrected chi connectivity index (χ2v) is 7.64. The molecule has 4 nitrogen and oxygen atoms in total. The number of H-pyrrole nitrogens is 1. The van der Waals surface area contributed by atoms with Gasteiger partial charge in [0.2, 0.25) is 0 Å².